The molecule has 1 saturated carbocycles. The van der Waals surface area contributed by atoms with Gasteiger partial charge < -0.3 is 0 Å². The topological polar surface area (TPSA) is 53.8 Å². The number of unbranched alkanes of at least 4 members (excludes halogenated alkanes) is 1. The molecule has 0 spiro atoms. The van der Waals surface area contributed by atoms with Crippen molar-refractivity contribution < 1.29 is 0 Å². The number of hydrogen-bond acceptors (Lipinski definition) is 3. The number of nitroso groups, excluding NO2 is 1. The van der Waals surface area contributed by atoms with Gasteiger partial charge in [-0.25, -0.2) is 0 Å². The molecule has 0 heterocycles. The number of hydrogen-bond donors (Lipinski definition) is 1. The van der Waals surface area contributed by atoms with E-state index < -0.39 is 0 Å². The summed E-state index contributed by atoms with van der Waals surface area (Å²) < 4.78 is 0. The molecular weight excluding hydrogens is 214 g/mol. The van der Waals surface area contributed by atoms with Crippen LogP contribution in [-0.4, -0.2) is 6.21 Å². The Kier molecular flexibility index (Phi) is 5.93. The lowest BCUT2D eigenvalue weighted by Crippen LogP contribution is -1.89. The highest BCUT2D eigenvalue weighted by Gasteiger charge is 2.36. The maximum Gasteiger partial charge on any atom is 0.0722 e. The quantitative estimate of drug-likeness (QED) is 0.229. The average molecular weight is 233 g/mol. The van der Waals surface area contributed by atoms with Crippen molar-refractivity contribution >= 4 is 6.21 Å². The maximum atomic E-state index is 9.64. The Balaban J connectivity index is 2.30. The van der Waals surface area contributed by atoms with Crippen LogP contribution in [0.2, 0.25) is 0 Å². The summed E-state index contributed by atoms with van der Waals surface area (Å²) in [6, 6.07) is 0. The second kappa shape index (κ2) is 7.54. The Morgan fingerprint density at radius 1 is 1.24 bits per heavy atom. The van der Waals surface area contributed by atoms with E-state index in [1.165, 1.54) is 25.5 Å². The summed E-state index contributed by atoms with van der Waals surface area (Å²) in [5.41, 5.74) is 2.26. The molecule has 0 aromatic carbocycles. The summed E-state index contributed by atoms with van der Waals surface area (Å²) in [7, 11) is 0. The molecule has 1 fully saturated rings. The summed E-state index contributed by atoms with van der Waals surface area (Å²) in [6.07, 6.45) is 18.8. The highest BCUT2D eigenvalue weighted by Crippen LogP contribution is 2.48. The Morgan fingerprint density at radius 3 is 2.71 bits per heavy atom. The lowest BCUT2D eigenvalue weighted by Gasteiger charge is -2.00. The fraction of sp³-hybridized carbons (Fsp3) is 0.462. The first-order valence-corrected chi connectivity index (χ1v) is 5.95. The molecule has 0 radical (unpaired) electrons. The number of allylic oxidation sites excluding steroid dienone is 6. The minimum atomic E-state index is 0.305. The van der Waals surface area contributed by atoms with Crippen molar-refractivity contribution in [3.05, 3.63) is 41.4 Å². The van der Waals surface area contributed by atoms with E-state index in [-0.39, 0.29) is 0 Å². The normalized spacial score (nSPS) is 18.6. The Bertz CT molecular complexity index is 339. The average Bonchev–Trinajstić information content (AvgIpc) is 3.09. The zero-order valence-electron chi connectivity index (χ0n) is 10.2. The molecule has 1 aliphatic carbocycles. The van der Waals surface area contributed by atoms with Crippen LogP contribution in [0.4, 0.5) is 0 Å². The van der Waals surface area contributed by atoms with E-state index in [2.05, 4.69) is 35.5 Å². The van der Waals surface area contributed by atoms with Crippen molar-refractivity contribution in [2.45, 2.75) is 32.6 Å². The zero-order valence-corrected chi connectivity index (χ0v) is 10.2. The van der Waals surface area contributed by atoms with Gasteiger partial charge in [0.1, 0.15) is 0 Å². The third kappa shape index (κ3) is 5.80. The van der Waals surface area contributed by atoms with E-state index in [1.807, 2.05) is 17.7 Å². The molecule has 0 bridgehead atoms. The van der Waals surface area contributed by atoms with Gasteiger partial charge in [-0.15, -0.1) is 4.91 Å². The van der Waals surface area contributed by atoms with Crippen molar-refractivity contribution in [3.8, 4) is 0 Å². The molecule has 0 aromatic rings. The summed E-state index contributed by atoms with van der Waals surface area (Å²) in [4.78, 5) is 9.64. The van der Waals surface area contributed by atoms with Crippen molar-refractivity contribution in [1.82, 2.24) is 5.53 Å². The smallest absolute Gasteiger partial charge is 0.0722 e. The van der Waals surface area contributed by atoms with Gasteiger partial charge in [-0.05, 0) is 25.3 Å². The predicted octanol–water partition coefficient (Wildman–Crippen LogP) is 3.49. The van der Waals surface area contributed by atoms with Crippen LogP contribution in [0, 0.1) is 10.3 Å². The molecule has 0 aliphatic heterocycles. The Labute approximate surface area is 102 Å². The van der Waals surface area contributed by atoms with Gasteiger partial charge in [-0.1, -0.05) is 43.7 Å². The molecule has 92 valence electrons. The Morgan fingerprint density at radius 2 is 2.06 bits per heavy atom. The molecule has 0 aromatic heterocycles. The molecule has 0 unspecified atom stereocenters. The fourth-order valence-electron chi connectivity index (χ4n) is 1.48. The summed E-state index contributed by atoms with van der Waals surface area (Å²) in [5.74, 6) is 0. The molecule has 0 saturated heterocycles. The number of hydrazone groups is 1. The first kappa shape index (κ1) is 13.4. The van der Waals surface area contributed by atoms with E-state index in [9.17, 15) is 4.91 Å². The predicted molar refractivity (Wildman–Crippen MR) is 71.4 cm³/mol. The van der Waals surface area contributed by atoms with Gasteiger partial charge in [0, 0.05) is 11.6 Å². The Hall–Kier alpha value is -1.71. The SMILES string of the molecule is CCC/C=C/C1(/C=C/C=C/C=N/NN=O)CC1. The van der Waals surface area contributed by atoms with Gasteiger partial charge in [0.2, 0.25) is 0 Å². The molecule has 0 atom stereocenters. The molecule has 17 heavy (non-hydrogen) atoms. The van der Waals surface area contributed by atoms with Gasteiger partial charge in [0.05, 0.1) is 5.29 Å². The molecule has 4 heteroatoms. The minimum absolute atomic E-state index is 0.305. The van der Waals surface area contributed by atoms with Gasteiger partial charge in [-0.2, -0.15) is 10.6 Å². The molecule has 4 nitrogen and oxygen atoms in total. The van der Waals surface area contributed by atoms with Crippen LogP contribution in [0.1, 0.15) is 32.6 Å². The van der Waals surface area contributed by atoms with Crippen LogP contribution in [0.15, 0.2) is 46.8 Å². The van der Waals surface area contributed by atoms with Gasteiger partial charge >= 0.3 is 0 Å². The second-order valence-electron chi connectivity index (χ2n) is 4.14. The van der Waals surface area contributed by atoms with Gasteiger partial charge in [0.25, 0.3) is 0 Å². The fourth-order valence-corrected chi connectivity index (χ4v) is 1.48. The molecule has 1 rings (SSSR count). The third-order valence-electron chi connectivity index (χ3n) is 2.64. The largest absolute Gasteiger partial charge is 0.164 e. The van der Waals surface area contributed by atoms with Crippen molar-refractivity contribution in [2.75, 3.05) is 0 Å². The molecule has 1 aliphatic rings. The van der Waals surface area contributed by atoms with Crippen molar-refractivity contribution in [3.63, 3.8) is 0 Å². The minimum Gasteiger partial charge on any atom is -0.164 e. The first-order valence-electron chi connectivity index (χ1n) is 5.95. The summed E-state index contributed by atoms with van der Waals surface area (Å²) >= 11 is 0. The monoisotopic (exact) mass is 233 g/mol. The lowest BCUT2D eigenvalue weighted by atomic mass is 10.1. The second-order valence-corrected chi connectivity index (χ2v) is 4.14. The van der Waals surface area contributed by atoms with Gasteiger partial charge in [0.15, 0.2) is 0 Å². The maximum absolute atomic E-state index is 9.64. The highest BCUT2D eigenvalue weighted by molar-refractivity contribution is 5.71. The van der Waals surface area contributed by atoms with E-state index in [4.69, 9.17) is 0 Å². The zero-order chi connectivity index (χ0) is 12.4. The number of nitrogens with one attached hydrogen (secondary N) is 1. The van der Waals surface area contributed by atoms with E-state index in [0.29, 0.717) is 5.41 Å². The van der Waals surface area contributed by atoms with Gasteiger partial charge in [-0.3, -0.25) is 0 Å². The highest BCUT2D eigenvalue weighted by atomic mass is 16.3. The van der Waals surface area contributed by atoms with Crippen molar-refractivity contribution in [2.24, 2.45) is 15.8 Å². The van der Waals surface area contributed by atoms with Crippen LogP contribution in [0.25, 0.3) is 0 Å². The third-order valence-corrected chi connectivity index (χ3v) is 2.64. The summed E-state index contributed by atoms with van der Waals surface area (Å²) in [6.45, 7) is 2.18. The van der Waals surface area contributed by atoms with E-state index >= 15 is 0 Å². The van der Waals surface area contributed by atoms with Crippen LogP contribution >= 0.6 is 0 Å². The van der Waals surface area contributed by atoms with Crippen LogP contribution in [-0.2, 0) is 0 Å². The summed E-state index contributed by atoms with van der Waals surface area (Å²) in [5, 5.41) is 5.90. The molecular formula is C13H19N3O. The molecule has 0 amide bonds. The van der Waals surface area contributed by atoms with E-state index in [0.717, 1.165) is 6.42 Å². The van der Waals surface area contributed by atoms with Crippen molar-refractivity contribution in [1.29, 1.82) is 0 Å². The molecule has 1 N–H and O–H groups in total. The first-order chi connectivity index (χ1) is 8.33. The van der Waals surface area contributed by atoms with Crippen LogP contribution in [0.5, 0.6) is 0 Å². The number of nitrogens with zero attached hydrogens (tertiary/aromatic N) is 2. The van der Waals surface area contributed by atoms with E-state index in [1.54, 1.807) is 6.08 Å². The van der Waals surface area contributed by atoms with Crippen LogP contribution in [0.3, 0.4) is 0 Å². The number of rotatable bonds is 8. The standard InChI is InChI=1S/C13H19N3O/c1-2-3-5-8-13(10-11-13)9-6-4-7-12-14-15-16-17/h4-9,12H,2-3,10-11H2,1H3,(H,15,17)/b7-4+,8-5+,9-6+,14-12+. The lowest BCUT2D eigenvalue weighted by molar-refractivity contribution is 0.804. The van der Waals surface area contributed by atoms with Crippen LogP contribution < -0.4 is 5.53 Å².